The number of likely N-dealkylation sites (N-methyl/N-ethyl adjacent to an activating group) is 1. The van der Waals surface area contributed by atoms with Gasteiger partial charge in [0.1, 0.15) is 5.82 Å². The molecule has 1 N–H and O–H groups in total. The van der Waals surface area contributed by atoms with Crippen molar-refractivity contribution < 1.29 is 14.3 Å². The van der Waals surface area contributed by atoms with Gasteiger partial charge in [-0.05, 0) is 45.4 Å². The molecule has 1 amide bonds. The van der Waals surface area contributed by atoms with Crippen molar-refractivity contribution in [2.75, 3.05) is 25.0 Å². The van der Waals surface area contributed by atoms with Gasteiger partial charge >= 0.3 is 0 Å². The van der Waals surface area contributed by atoms with Crippen molar-refractivity contribution >= 4 is 11.6 Å². The monoisotopic (exact) mass is 294 g/mol. The number of aliphatic hydroxyl groups excluding tert-OH is 1. The molecule has 1 aromatic rings. The number of carbonyl (C=O) groups is 1. The molecule has 0 aromatic heterocycles. The number of para-hydroxylation sites is 1. The Hall–Kier alpha value is -1.46. The molecule has 5 heteroatoms. The Bertz CT molecular complexity index is 493. The minimum Gasteiger partial charge on any atom is -0.393 e. The predicted octanol–water partition coefficient (Wildman–Crippen LogP) is 2.02. The van der Waals surface area contributed by atoms with Crippen LogP contribution < -0.4 is 4.90 Å². The van der Waals surface area contributed by atoms with Crippen molar-refractivity contribution in [1.29, 1.82) is 0 Å². The van der Waals surface area contributed by atoms with E-state index >= 15 is 0 Å². The van der Waals surface area contributed by atoms with E-state index in [0.29, 0.717) is 25.2 Å². The first-order chi connectivity index (χ1) is 10.0. The van der Waals surface area contributed by atoms with Gasteiger partial charge < -0.3 is 10.0 Å². The molecule has 2 unspecified atom stereocenters. The lowest BCUT2D eigenvalue weighted by molar-refractivity contribution is -0.125. The molecule has 1 aromatic carbocycles. The van der Waals surface area contributed by atoms with Gasteiger partial charge in [-0.2, -0.15) is 0 Å². The first kappa shape index (κ1) is 15.9. The second-order valence-electron chi connectivity index (χ2n) is 5.72. The molecule has 116 valence electrons. The van der Waals surface area contributed by atoms with Crippen LogP contribution in [0.5, 0.6) is 0 Å². The summed E-state index contributed by atoms with van der Waals surface area (Å²) in [5.74, 6) is -0.419. The van der Waals surface area contributed by atoms with Crippen LogP contribution in [0.15, 0.2) is 24.3 Å². The van der Waals surface area contributed by atoms with E-state index in [2.05, 4.69) is 0 Å². The van der Waals surface area contributed by atoms with Crippen molar-refractivity contribution in [1.82, 2.24) is 4.90 Å². The molecule has 1 fully saturated rings. The first-order valence-electron chi connectivity index (χ1n) is 7.45. The number of rotatable bonds is 5. The normalized spacial score (nSPS) is 20.9. The topological polar surface area (TPSA) is 43.8 Å². The van der Waals surface area contributed by atoms with Gasteiger partial charge in [0.25, 0.3) is 0 Å². The summed E-state index contributed by atoms with van der Waals surface area (Å²) in [6.07, 6.45) is 1.87. The summed E-state index contributed by atoms with van der Waals surface area (Å²) >= 11 is 0. The molecule has 0 bridgehead atoms. The predicted molar refractivity (Wildman–Crippen MR) is 80.7 cm³/mol. The highest BCUT2D eigenvalue weighted by molar-refractivity contribution is 5.98. The molecule has 1 aliphatic rings. The molecule has 4 nitrogen and oxygen atoms in total. The number of carbonyl (C=O) groups excluding carboxylic acids is 1. The molecule has 1 saturated heterocycles. The van der Waals surface area contributed by atoms with Crippen LogP contribution in [0.1, 0.15) is 26.2 Å². The molecule has 0 aliphatic carbocycles. The van der Waals surface area contributed by atoms with Crippen LogP contribution >= 0.6 is 0 Å². The fourth-order valence-electron chi connectivity index (χ4n) is 2.72. The van der Waals surface area contributed by atoms with Crippen LogP contribution in [0.4, 0.5) is 10.1 Å². The molecule has 1 aliphatic heterocycles. The number of halogens is 1. The molecule has 2 rings (SSSR count). The van der Waals surface area contributed by atoms with E-state index in [-0.39, 0.29) is 23.9 Å². The highest BCUT2D eigenvalue weighted by Gasteiger charge is 2.33. The molecule has 0 radical (unpaired) electrons. The van der Waals surface area contributed by atoms with Crippen LogP contribution in [0.2, 0.25) is 0 Å². The van der Waals surface area contributed by atoms with Gasteiger partial charge in [0, 0.05) is 13.1 Å². The molecule has 1 heterocycles. The number of aliphatic hydroxyl groups is 1. The zero-order valence-electron chi connectivity index (χ0n) is 12.6. The van der Waals surface area contributed by atoms with Crippen LogP contribution in [0.25, 0.3) is 0 Å². The van der Waals surface area contributed by atoms with Crippen molar-refractivity contribution in [3.8, 4) is 0 Å². The van der Waals surface area contributed by atoms with E-state index in [1.54, 1.807) is 30.0 Å². The quantitative estimate of drug-likeness (QED) is 0.903. The third-order valence-electron chi connectivity index (χ3n) is 3.99. The minimum atomic E-state index is -0.381. The standard InChI is InChI=1S/C16H23FN2O2/c1-12(20)9-11-18(2)15-8-5-10-19(16(15)21)14-7-4-3-6-13(14)17/h3-4,6-7,12,15,20H,5,8-11H2,1-2H3. The maximum absolute atomic E-state index is 13.9. The maximum atomic E-state index is 13.9. The Labute approximate surface area is 125 Å². The third kappa shape index (κ3) is 3.80. The number of hydrogen-bond acceptors (Lipinski definition) is 3. The summed E-state index contributed by atoms with van der Waals surface area (Å²) in [6.45, 7) is 2.95. The van der Waals surface area contributed by atoms with E-state index < -0.39 is 0 Å². The van der Waals surface area contributed by atoms with Gasteiger partial charge in [0.15, 0.2) is 0 Å². The molecule has 2 atom stereocenters. The van der Waals surface area contributed by atoms with E-state index in [0.717, 1.165) is 12.8 Å². The average molecular weight is 294 g/mol. The summed E-state index contributed by atoms with van der Waals surface area (Å²) in [6, 6.07) is 6.15. The lowest BCUT2D eigenvalue weighted by atomic mass is 10.0. The summed E-state index contributed by atoms with van der Waals surface area (Å²) in [7, 11) is 1.88. The van der Waals surface area contributed by atoms with Gasteiger partial charge in [0.2, 0.25) is 5.91 Å². The second-order valence-corrected chi connectivity index (χ2v) is 5.72. The summed E-state index contributed by atoms with van der Waals surface area (Å²) in [4.78, 5) is 16.1. The number of amides is 1. The maximum Gasteiger partial charge on any atom is 0.244 e. The highest BCUT2D eigenvalue weighted by Crippen LogP contribution is 2.25. The summed E-state index contributed by atoms with van der Waals surface area (Å²) in [5.41, 5.74) is 0.358. The minimum absolute atomic E-state index is 0.0561. The Morgan fingerprint density at radius 2 is 2.19 bits per heavy atom. The van der Waals surface area contributed by atoms with Crippen LogP contribution in [0, 0.1) is 5.82 Å². The van der Waals surface area contributed by atoms with Crippen molar-refractivity contribution in [3.63, 3.8) is 0 Å². The number of benzene rings is 1. The number of hydrogen-bond donors (Lipinski definition) is 1. The SMILES string of the molecule is CC(O)CCN(C)C1CCCN(c2ccccc2F)C1=O. The Morgan fingerprint density at radius 1 is 1.48 bits per heavy atom. The van der Waals surface area contributed by atoms with Gasteiger partial charge in [-0.15, -0.1) is 0 Å². The van der Waals surface area contributed by atoms with Gasteiger partial charge in [-0.25, -0.2) is 4.39 Å². The molecular formula is C16H23FN2O2. The van der Waals surface area contributed by atoms with Crippen molar-refractivity contribution in [3.05, 3.63) is 30.1 Å². The summed E-state index contributed by atoms with van der Waals surface area (Å²) < 4.78 is 13.9. The molecular weight excluding hydrogens is 271 g/mol. The molecule has 21 heavy (non-hydrogen) atoms. The van der Waals surface area contributed by atoms with E-state index in [1.807, 2.05) is 11.9 Å². The lowest BCUT2D eigenvalue weighted by Crippen LogP contribution is -2.52. The Morgan fingerprint density at radius 3 is 2.86 bits per heavy atom. The summed E-state index contributed by atoms with van der Waals surface area (Å²) in [5, 5.41) is 9.36. The smallest absolute Gasteiger partial charge is 0.244 e. The zero-order valence-corrected chi connectivity index (χ0v) is 12.6. The Balaban J connectivity index is 2.09. The number of nitrogens with zero attached hydrogens (tertiary/aromatic N) is 2. The highest BCUT2D eigenvalue weighted by atomic mass is 19.1. The van der Waals surface area contributed by atoms with Crippen LogP contribution in [-0.4, -0.2) is 48.2 Å². The second kappa shape index (κ2) is 7.00. The zero-order chi connectivity index (χ0) is 15.4. The van der Waals surface area contributed by atoms with Gasteiger partial charge in [-0.3, -0.25) is 9.69 Å². The first-order valence-corrected chi connectivity index (χ1v) is 7.45. The van der Waals surface area contributed by atoms with E-state index in [4.69, 9.17) is 0 Å². The Kier molecular flexibility index (Phi) is 5.31. The average Bonchev–Trinajstić information content (AvgIpc) is 2.46. The number of piperidine rings is 1. The van der Waals surface area contributed by atoms with Gasteiger partial charge in [-0.1, -0.05) is 12.1 Å². The fraction of sp³-hybridized carbons (Fsp3) is 0.562. The van der Waals surface area contributed by atoms with E-state index in [1.165, 1.54) is 6.07 Å². The van der Waals surface area contributed by atoms with Crippen LogP contribution in [0.3, 0.4) is 0 Å². The van der Waals surface area contributed by atoms with E-state index in [9.17, 15) is 14.3 Å². The lowest BCUT2D eigenvalue weighted by Gasteiger charge is -2.37. The third-order valence-corrected chi connectivity index (χ3v) is 3.99. The number of anilines is 1. The van der Waals surface area contributed by atoms with Crippen LogP contribution in [-0.2, 0) is 4.79 Å². The van der Waals surface area contributed by atoms with Crippen molar-refractivity contribution in [2.45, 2.75) is 38.3 Å². The molecule has 0 spiro atoms. The molecule has 0 saturated carbocycles. The van der Waals surface area contributed by atoms with Gasteiger partial charge in [0.05, 0.1) is 17.8 Å². The fourth-order valence-corrected chi connectivity index (χ4v) is 2.72. The largest absolute Gasteiger partial charge is 0.393 e. The van der Waals surface area contributed by atoms with Crippen molar-refractivity contribution in [2.24, 2.45) is 0 Å².